The molecule has 0 saturated carbocycles. The van der Waals surface area contributed by atoms with Crippen LogP contribution in [0.25, 0.3) is 89.2 Å². The summed E-state index contributed by atoms with van der Waals surface area (Å²) >= 11 is 0. The molecule has 0 radical (unpaired) electrons. The van der Waals surface area contributed by atoms with Crippen molar-refractivity contribution in [1.29, 1.82) is 0 Å². The molecule has 1 atom stereocenters. The third-order valence-corrected chi connectivity index (χ3v) is 10.4. The molecule has 1 aliphatic carbocycles. The molecule has 0 spiro atoms. The SMILES string of the molecule is [2H]c1c([2H])c([2H])c(C2(C([2H])([2H])[2H])c3c([2H])c([2H])c([2H])c([2H])c3-c3c([2H])c([2H])c(-c4cc(-c5cc(-c6ccccc6)cc(-c6ccc7oc8ccccc8c7c6)c5)nc(-c5ccccc5)n4)c([2H])c32)c([2H])c1[2H]. The number of hydrogen-bond acceptors (Lipinski definition) is 3. The van der Waals surface area contributed by atoms with E-state index in [2.05, 4.69) is 12.1 Å². The summed E-state index contributed by atoms with van der Waals surface area (Å²) in [6, 6.07) is 29.5. The molecule has 11 rings (SSSR count). The van der Waals surface area contributed by atoms with E-state index in [-0.39, 0.29) is 17.1 Å². The molecular weight excluding hydrogens is 693 g/mol. The maximum atomic E-state index is 10.2. The number of fused-ring (bicyclic) bond motifs is 6. The Morgan fingerprint density at radius 3 is 1.93 bits per heavy atom. The second-order valence-corrected chi connectivity index (χ2v) is 13.8. The van der Waals surface area contributed by atoms with Crippen LogP contribution in [0, 0.1) is 0 Å². The van der Waals surface area contributed by atoms with E-state index in [0.29, 0.717) is 22.4 Å². The highest BCUT2D eigenvalue weighted by atomic mass is 16.3. The lowest BCUT2D eigenvalue weighted by Crippen LogP contribution is -2.22. The maximum Gasteiger partial charge on any atom is 0.160 e. The van der Waals surface area contributed by atoms with E-state index in [4.69, 9.17) is 22.6 Å². The van der Waals surface area contributed by atoms with Gasteiger partial charge in [-0.3, -0.25) is 0 Å². The molecule has 3 nitrogen and oxygen atoms in total. The molecule has 0 N–H and O–H groups in total. The second kappa shape index (κ2) is 13.1. The van der Waals surface area contributed by atoms with Gasteiger partial charge in [0.1, 0.15) is 11.2 Å². The van der Waals surface area contributed by atoms with Gasteiger partial charge in [0.2, 0.25) is 0 Å². The topological polar surface area (TPSA) is 38.9 Å². The number of aromatic nitrogens is 2. The Morgan fingerprint density at radius 2 is 1.12 bits per heavy atom. The van der Waals surface area contributed by atoms with Crippen molar-refractivity contribution in [2.24, 2.45) is 0 Å². The molecule has 2 heterocycles. The van der Waals surface area contributed by atoms with Crippen LogP contribution in [0.4, 0.5) is 0 Å². The number of para-hydroxylation sites is 1. The first kappa shape index (κ1) is 21.1. The van der Waals surface area contributed by atoms with Gasteiger partial charge in [-0.05, 0) is 105 Å². The first-order chi connectivity index (χ1) is 34.3. The van der Waals surface area contributed by atoms with E-state index in [1.165, 1.54) is 6.07 Å². The zero-order chi connectivity index (χ0) is 50.9. The summed E-state index contributed by atoms with van der Waals surface area (Å²) in [6.45, 7) is -3.58. The number of furan rings is 1. The molecule has 8 aromatic carbocycles. The summed E-state index contributed by atoms with van der Waals surface area (Å²) < 4.78 is 144. The minimum atomic E-state index is -3.58. The molecule has 10 aromatic rings. The van der Waals surface area contributed by atoms with Crippen LogP contribution >= 0.6 is 0 Å². The normalized spacial score (nSPS) is 18.4. The van der Waals surface area contributed by atoms with Gasteiger partial charge < -0.3 is 4.42 Å². The van der Waals surface area contributed by atoms with Gasteiger partial charge >= 0.3 is 0 Å². The summed E-state index contributed by atoms with van der Waals surface area (Å²) in [5.41, 5.74) is -0.680. The van der Waals surface area contributed by atoms with Crippen molar-refractivity contribution in [3.05, 3.63) is 217 Å². The van der Waals surface area contributed by atoms with Crippen LogP contribution in [-0.2, 0) is 5.41 Å². The summed E-state index contributed by atoms with van der Waals surface area (Å²) in [5, 5.41) is 1.85. The first-order valence-electron chi connectivity index (χ1n) is 25.7. The predicted octanol–water partition coefficient (Wildman–Crippen LogP) is 14.0. The number of hydrogen-bond donors (Lipinski definition) is 0. The fraction of sp³-hybridized carbons (Fsp3) is 0.0370. The van der Waals surface area contributed by atoms with Crippen LogP contribution in [0.2, 0.25) is 0 Å². The molecule has 1 aliphatic rings. The van der Waals surface area contributed by atoms with Gasteiger partial charge in [0.25, 0.3) is 0 Å². The largest absolute Gasteiger partial charge is 0.456 e. The van der Waals surface area contributed by atoms with Crippen LogP contribution in [0.5, 0.6) is 0 Å². The molecule has 3 heteroatoms. The summed E-state index contributed by atoms with van der Waals surface area (Å²) in [7, 11) is 0. The average molecular weight is 744 g/mol. The van der Waals surface area contributed by atoms with Gasteiger partial charge in [-0.2, -0.15) is 0 Å². The molecule has 0 aliphatic heterocycles. The Kier molecular flexibility index (Phi) is 4.86. The average Bonchev–Trinajstić information content (AvgIpc) is 3.93. The lowest BCUT2D eigenvalue weighted by atomic mass is 9.74. The molecule has 0 amide bonds. The van der Waals surface area contributed by atoms with Gasteiger partial charge in [0.15, 0.2) is 5.82 Å². The monoisotopic (exact) mass is 743 g/mol. The Bertz CT molecular complexity index is 3920. The van der Waals surface area contributed by atoms with Gasteiger partial charge in [0.05, 0.1) is 27.8 Å². The number of benzene rings is 8. The fourth-order valence-electron chi connectivity index (χ4n) is 7.68. The van der Waals surface area contributed by atoms with Gasteiger partial charge in [0, 0.05) is 37.0 Å². The highest BCUT2D eigenvalue weighted by Gasteiger charge is 2.40. The lowest BCUT2D eigenvalue weighted by molar-refractivity contribution is 0.669. The van der Waals surface area contributed by atoms with Crippen LogP contribution in [0.15, 0.2) is 204 Å². The Hall–Kier alpha value is -7.36. The fourth-order valence-corrected chi connectivity index (χ4v) is 7.68. The van der Waals surface area contributed by atoms with E-state index in [0.717, 1.165) is 38.6 Å². The lowest BCUT2D eigenvalue weighted by Gasteiger charge is -2.28. The molecule has 2 aromatic heterocycles. The van der Waals surface area contributed by atoms with Crippen molar-refractivity contribution < 1.29 is 25.0 Å². The predicted molar refractivity (Wildman–Crippen MR) is 234 cm³/mol. The molecule has 0 saturated heterocycles. The summed E-state index contributed by atoms with van der Waals surface area (Å²) in [4.78, 5) is 9.96. The second-order valence-electron chi connectivity index (χ2n) is 13.8. The van der Waals surface area contributed by atoms with E-state index >= 15 is 0 Å². The van der Waals surface area contributed by atoms with E-state index < -0.39 is 113 Å². The Balaban J connectivity index is 1.24. The van der Waals surface area contributed by atoms with Gasteiger partial charge in [-0.1, -0.05) is 151 Å². The molecule has 1 unspecified atom stereocenters. The van der Waals surface area contributed by atoms with Crippen molar-refractivity contribution in [1.82, 2.24) is 9.97 Å². The number of nitrogens with zero attached hydrogens (tertiary/aromatic N) is 2. The van der Waals surface area contributed by atoms with Crippen LogP contribution in [0.1, 0.15) is 44.1 Å². The zero-order valence-corrected chi connectivity index (χ0v) is 29.9. The van der Waals surface area contributed by atoms with Gasteiger partial charge in [-0.25, -0.2) is 9.97 Å². The third-order valence-electron chi connectivity index (χ3n) is 10.4. The minimum Gasteiger partial charge on any atom is -0.456 e. The highest BCUT2D eigenvalue weighted by molar-refractivity contribution is 6.06. The summed E-state index contributed by atoms with van der Waals surface area (Å²) in [6.07, 6.45) is 0. The quantitative estimate of drug-likeness (QED) is 0.170. The Labute approximate surface area is 352 Å². The van der Waals surface area contributed by atoms with Gasteiger partial charge in [-0.15, -0.1) is 0 Å². The van der Waals surface area contributed by atoms with Crippen molar-refractivity contribution >= 4 is 21.9 Å². The van der Waals surface area contributed by atoms with Crippen molar-refractivity contribution in [3.8, 4) is 67.3 Å². The Morgan fingerprint density at radius 1 is 0.474 bits per heavy atom. The summed E-state index contributed by atoms with van der Waals surface area (Å²) in [5.74, 6) is 0.127. The molecule has 268 valence electrons. The van der Waals surface area contributed by atoms with Crippen LogP contribution in [0.3, 0.4) is 0 Å². The van der Waals surface area contributed by atoms with Crippen LogP contribution in [-0.4, -0.2) is 9.97 Å². The maximum absolute atomic E-state index is 10.2. The van der Waals surface area contributed by atoms with E-state index in [1.54, 1.807) is 30.3 Å². The van der Waals surface area contributed by atoms with Crippen molar-refractivity contribution in [3.63, 3.8) is 0 Å². The van der Waals surface area contributed by atoms with Crippen LogP contribution < -0.4 is 0 Å². The van der Waals surface area contributed by atoms with E-state index in [1.807, 2.05) is 78.9 Å². The zero-order valence-electron chi connectivity index (χ0n) is 44.9. The smallest absolute Gasteiger partial charge is 0.160 e. The molecule has 0 fully saturated rings. The molecule has 57 heavy (non-hydrogen) atoms. The number of rotatable bonds is 6. The van der Waals surface area contributed by atoms with Crippen molar-refractivity contribution in [2.75, 3.05) is 0 Å². The third kappa shape index (κ3) is 5.50. The first-order valence-corrected chi connectivity index (χ1v) is 18.2. The molecule has 0 bridgehead atoms. The van der Waals surface area contributed by atoms with Crippen molar-refractivity contribution in [2.45, 2.75) is 12.3 Å². The standard InChI is InChI=1S/C54H36N2O/c1-54(42-19-9-4-10-20-42)47-23-13-11-21-43(47)44-27-25-38(33-48(44)54)49-34-50(56-53(55-49)36-17-7-3-8-18-36)41-30-39(35-15-5-2-6-16-35)29-40(31-41)37-26-28-52-46(32-37)45-22-12-14-24-51(45)57-52/h2-34H,1H3/i1D3,4D,9D,10D,11D,13D,19D,20D,21D,23D,25D,27D,33D. The minimum absolute atomic E-state index is 0.112. The highest BCUT2D eigenvalue weighted by Crippen LogP contribution is 2.53. The molecular formula is C54H36N2O. The van der Waals surface area contributed by atoms with E-state index in [9.17, 15) is 12.3 Å².